The van der Waals surface area contributed by atoms with Gasteiger partial charge in [0.15, 0.2) is 9.84 Å². The minimum absolute atomic E-state index is 0.0471. The van der Waals surface area contributed by atoms with Gasteiger partial charge in [0.25, 0.3) is 5.91 Å². The van der Waals surface area contributed by atoms with Gasteiger partial charge in [-0.2, -0.15) is 5.10 Å². The lowest BCUT2D eigenvalue weighted by Crippen LogP contribution is -2.38. The molecule has 0 spiro atoms. The third-order valence-electron chi connectivity index (χ3n) is 2.76. The smallest absolute Gasteiger partial charge is 0.269 e. The minimum Gasteiger partial charge on any atom is -0.347 e. The quantitative estimate of drug-likeness (QED) is 0.837. The molecule has 0 fully saturated rings. The number of nitrogens with zero attached hydrogens (tertiary/aromatic N) is 2. The highest BCUT2D eigenvalue weighted by atomic mass is 32.2. The van der Waals surface area contributed by atoms with Crippen LogP contribution in [0.1, 0.15) is 37.0 Å². The fourth-order valence-electron chi connectivity index (χ4n) is 1.81. The van der Waals surface area contributed by atoms with Crippen molar-refractivity contribution in [3.05, 3.63) is 17.5 Å². The van der Waals surface area contributed by atoms with Gasteiger partial charge in [0.1, 0.15) is 5.69 Å². The second kappa shape index (κ2) is 6.18. The van der Waals surface area contributed by atoms with Gasteiger partial charge < -0.3 is 5.32 Å². The van der Waals surface area contributed by atoms with Crippen molar-refractivity contribution in [2.24, 2.45) is 0 Å². The first kappa shape index (κ1) is 15.7. The Kier molecular flexibility index (Phi) is 5.11. The molecule has 6 nitrogen and oxygen atoms in total. The van der Waals surface area contributed by atoms with Crippen molar-refractivity contribution in [2.75, 3.05) is 11.5 Å². The molecule has 0 aliphatic heterocycles. The summed E-state index contributed by atoms with van der Waals surface area (Å²) in [5.41, 5.74) is 1.22. The highest BCUT2D eigenvalue weighted by Crippen LogP contribution is 2.04. The van der Waals surface area contributed by atoms with Gasteiger partial charge in [0, 0.05) is 18.3 Å². The Balaban J connectivity index is 2.74. The third kappa shape index (κ3) is 4.34. The Morgan fingerprint density at radius 3 is 2.63 bits per heavy atom. The van der Waals surface area contributed by atoms with E-state index in [1.54, 1.807) is 24.6 Å². The van der Waals surface area contributed by atoms with Crippen LogP contribution in [0.25, 0.3) is 0 Å². The van der Waals surface area contributed by atoms with Gasteiger partial charge in [-0.25, -0.2) is 8.42 Å². The van der Waals surface area contributed by atoms with Crippen LogP contribution in [-0.2, 0) is 16.4 Å². The van der Waals surface area contributed by atoms with Crippen LogP contribution in [0.4, 0.5) is 0 Å². The monoisotopic (exact) mass is 287 g/mol. The standard InChI is InChI=1S/C12H21N3O3S/c1-5-15-11(7-9(3)14-15)12(16)13-10(4)8-19(17,18)6-2/h7,10H,5-6,8H2,1-4H3,(H,13,16)/t10-/m1/s1. The van der Waals surface area contributed by atoms with Gasteiger partial charge in [-0.1, -0.05) is 6.92 Å². The SMILES string of the molecule is CCn1nc(C)cc1C(=O)N[C@H](C)CS(=O)(=O)CC. The van der Waals surface area contributed by atoms with E-state index in [9.17, 15) is 13.2 Å². The van der Waals surface area contributed by atoms with Crippen LogP contribution in [0, 0.1) is 6.92 Å². The Bertz CT molecular complexity index is 549. The number of carbonyl (C=O) groups is 1. The van der Waals surface area contributed by atoms with Crippen LogP contribution in [0.5, 0.6) is 0 Å². The summed E-state index contributed by atoms with van der Waals surface area (Å²) in [5.74, 6) is -0.255. The zero-order valence-corrected chi connectivity index (χ0v) is 12.6. The number of hydrogen-bond donors (Lipinski definition) is 1. The summed E-state index contributed by atoms with van der Waals surface area (Å²) in [6.07, 6.45) is 0. The maximum atomic E-state index is 12.1. The van der Waals surface area contributed by atoms with E-state index in [-0.39, 0.29) is 17.4 Å². The first-order chi connectivity index (χ1) is 8.79. The van der Waals surface area contributed by atoms with Crippen molar-refractivity contribution in [3.63, 3.8) is 0 Å². The van der Waals surface area contributed by atoms with E-state index in [2.05, 4.69) is 10.4 Å². The summed E-state index contributed by atoms with van der Waals surface area (Å²) in [6.45, 7) is 7.59. The van der Waals surface area contributed by atoms with Gasteiger partial charge in [-0.15, -0.1) is 0 Å². The van der Waals surface area contributed by atoms with Crippen molar-refractivity contribution in [2.45, 2.75) is 40.3 Å². The molecule has 0 aliphatic rings. The summed E-state index contributed by atoms with van der Waals surface area (Å²) >= 11 is 0. The van der Waals surface area contributed by atoms with E-state index in [1.807, 2.05) is 13.8 Å². The zero-order valence-electron chi connectivity index (χ0n) is 11.8. The van der Waals surface area contributed by atoms with Crippen molar-refractivity contribution >= 4 is 15.7 Å². The molecule has 1 heterocycles. The van der Waals surface area contributed by atoms with Crippen LogP contribution in [-0.4, -0.2) is 41.7 Å². The van der Waals surface area contributed by atoms with Crippen molar-refractivity contribution in [1.29, 1.82) is 0 Å². The molecular formula is C12H21N3O3S. The predicted octanol–water partition coefficient (Wildman–Crippen LogP) is 0.764. The molecule has 7 heteroatoms. The lowest BCUT2D eigenvalue weighted by Gasteiger charge is -2.13. The molecule has 108 valence electrons. The average molecular weight is 287 g/mol. The van der Waals surface area contributed by atoms with Crippen molar-refractivity contribution < 1.29 is 13.2 Å². The van der Waals surface area contributed by atoms with E-state index in [1.165, 1.54) is 0 Å². The molecule has 1 aromatic heterocycles. The second-order valence-corrected chi connectivity index (χ2v) is 6.96. The van der Waals surface area contributed by atoms with E-state index in [0.717, 1.165) is 5.69 Å². The predicted molar refractivity (Wildman–Crippen MR) is 73.9 cm³/mol. The third-order valence-corrected chi connectivity index (χ3v) is 4.64. The van der Waals surface area contributed by atoms with Crippen LogP contribution >= 0.6 is 0 Å². The first-order valence-corrected chi connectivity index (χ1v) is 8.17. The van der Waals surface area contributed by atoms with Crippen LogP contribution in [0.15, 0.2) is 6.07 Å². The summed E-state index contributed by atoms with van der Waals surface area (Å²) in [6, 6.07) is 1.28. The first-order valence-electron chi connectivity index (χ1n) is 6.34. The Hall–Kier alpha value is -1.37. The highest BCUT2D eigenvalue weighted by molar-refractivity contribution is 7.91. The van der Waals surface area contributed by atoms with Crippen LogP contribution in [0.3, 0.4) is 0 Å². The molecule has 0 bridgehead atoms. The summed E-state index contributed by atoms with van der Waals surface area (Å²) in [7, 11) is -3.09. The number of hydrogen-bond acceptors (Lipinski definition) is 4. The molecule has 0 saturated carbocycles. The van der Waals surface area contributed by atoms with Gasteiger partial charge >= 0.3 is 0 Å². The second-order valence-electron chi connectivity index (χ2n) is 4.56. The number of aromatic nitrogens is 2. The van der Waals surface area contributed by atoms with E-state index in [4.69, 9.17) is 0 Å². The Morgan fingerprint density at radius 2 is 2.11 bits per heavy atom. The summed E-state index contributed by atoms with van der Waals surface area (Å²) < 4.78 is 24.6. The van der Waals surface area contributed by atoms with Gasteiger partial charge in [-0.3, -0.25) is 9.48 Å². The molecule has 1 N–H and O–H groups in total. The number of carbonyl (C=O) groups excluding carboxylic acids is 1. The van der Waals surface area contributed by atoms with Gasteiger partial charge in [0.2, 0.25) is 0 Å². The summed E-state index contributed by atoms with van der Waals surface area (Å²) in [4.78, 5) is 12.1. The Labute approximate surface area is 114 Å². The van der Waals surface area contributed by atoms with Crippen LogP contribution < -0.4 is 5.32 Å². The molecular weight excluding hydrogens is 266 g/mol. The molecule has 1 amide bonds. The van der Waals surface area contributed by atoms with Gasteiger partial charge in [0.05, 0.1) is 11.4 Å². The fraction of sp³-hybridized carbons (Fsp3) is 0.667. The minimum atomic E-state index is -3.09. The molecule has 19 heavy (non-hydrogen) atoms. The van der Waals surface area contributed by atoms with Crippen molar-refractivity contribution in [1.82, 2.24) is 15.1 Å². The normalized spacial score (nSPS) is 13.3. The van der Waals surface area contributed by atoms with Gasteiger partial charge in [-0.05, 0) is 26.8 Å². The summed E-state index contributed by atoms with van der Waals surface area (Å²) in [5, 5.41) is 6.88. The number of sulfone groups is 1. The lowest BCUT2D eigenvalue weighted by atomic mass is 10.3. The molecule has 0 saturated heterocycles. The number of amides is 1. The van der Waals surface area contributed by atoms with E-state index >= 15 is 0 Å². The molecule has 1 rings (SSSR count). The maximum absolute atomic E-state index is 12.1. The molecule has 0 unspecified atom stereocenters. The van der Waals surface area contributed by atoms with Crippen molar-refractivity contribution in [3.8, 4) is 0 Å². The zero-order chi connectivity index (χ0) is 14.6. The maximum Gasteiger partial charge on any atom is 0.269 e. The molecule has 1 aromatic rings. The molecule has 0 aliphatic carbocycles. The average Bonchev–Trinajstić information content (AvgIpc) is 2.69. The number of rotatable bonds is 6. The fourth-order valence-corrected chi connectivity index (χ4v) is 2.89. The highest BCUT2D eigenvalue weighted by Gasteiger charge is 2.19. The number of aryl methyl sites for hydroxylation is 2. The molecule has 0 aromatic carbocycles. The largest absolute Gasteiger partial charge is 0.347 e. The number of nitrogens with one attached hydrogen (secondary N) is 1. The van der Waals surface area contributed by atoms with E-state index in [0.29, 0.717) is 12.2 Å². The van der Waals surface area contributed by atoms with Crippen LogP contribution in [0.2, 0.25) is 0 Å². The Morgan fingerprint density at radius 1 is 1.47 bits per heavy atom. The molecule has 1 atom stereocenters. The topological polar surface area (TPSA) is 81.1 Å². The molecule has 0 radical (unpaired) electrons. The lowest BCUT2D eigenvalue weighted by molar-refractivity contribution is 0.0933. The van der Waals surface area contributed by atoms with E-state index < -0.39 is 15.9 Å².